The van der Waals surface area contributed by atoms with Gasteiger partial charge >= 0.3 is 5.97 Å². The Morgan fingerprint density at radius 3 is 2.32 bits per heavy atom. The number of hydrogen-bond donors (Lipinski definition) is 1. The van der Waals surface area contributed by atoms with Crippen molar-refractivity contribution in [2.75, 3.05) is 18.5 Å². The van der Waals surface area contributed by atoms with E-state index in [1.165, 1.54) is 11.3 Å². The molecule has 1 aromatic heterocycles. The van der Waals surface area contributed by atoms with Gasteiger partial charge < -0.3 is 15.0 Å². The van der Waals surface area contributed by atoms with Crippen molar-refractivity contribution in [3.8, 4) is 10.6 Å². The predicted octanol–water partition coefficient (Wildman–Crippen LogP) is 4.47. The zero-order valence-corrected chi connectivity index (χ0v) is 20.1. The molecule has 0 spiro atoms. The number of benzene rings is 2. The number of carbonyl (C=O) groups is 3. The highest BCUT2D eigenvalue weighted by atomic mass is 32.1. The summed E-state index contributed by atoms with van der Waals surface area (Å²) in [5.74, 6) is -0.884. The molecule has 0 saturated carbocycles. The van der Waals surface area contributed by atoms with Gasteiger partial charge in [-0.05, 0) is 19.4 Å². The Bertz CT molecular complexity index is 1090. The summed E-state index contributed by atoms with van der Waals surface area (Å²) in [4.78, 5) is 38.9. The second-order valence-corrected chi connectivity index (χ2v) is 8.53. The molecule has 3 aromatic rings. The lowest BCUT2D eigenvalue weighted by atomic mass is 10.1. The van der Waals surface area contributed by atoms with Crippen molar-refractivity contribution in [2.24, 2.45) is 0 Å². The number of aromatic nitrogens is 2. The molecule has 1 unspecified atom stereocenters. The summed E-state index contributed by atoms with van der Waals surface area (Å²) in [7, 11) is 0. The Balaban J connectivity index is 1.62. The Labute approximate surface area is 203 Å². The molecule has 0 saturated heterocycles. The molecule has 3 rings (SSSR count). The number of hydrogen-bond acceptors (Lipinski definition) is 7. The SMILES string of the molecule is CCOC(=O)CCC(=O)N(CCC(=O)Nc1nnc(-c2ccccc2)s1)C(C)c1ccccc1. The topological polar surface area (TPSA) is 101 Å². The normalized spacial score (nSPS) is 11.5. The Morgan fingerprint density at radius 2 is 1.65 bits per heavy atom. The average Bonchev–Trinajstić information content (AvgIpc) is 3.32. The molecular weight excluding hydrogens is 452 g/mol. The standard InChI is InChI=1S/C25H28N4O4S/c1-3-33-23(32)15-14-22(31)29(18(2)19-10-6-4-7-11-19)17-16-21(30)26-25-28-27-24(34-25)20-12-8-5-9-13-20/h4-13,18H,3,14-17H2,1-2H3,(H,26,28,30). The van der Waals surface area contributed by atoms with E-state index < -0.39 is 5.97 Å². The zero-order valence-electron chi connectivity index (χ0n) is 19.3. The van der Waals surface area contributed by atoms with Crippen LogP contribution >= 0.6 is 11.3 Å². The fourth-order valence-corrected chi connectivity index (χ4v) is 4.17. The van der Waals surface area contributed by atoms with Gasteiger partial charge in [0, 0.05) is 24.9 Å². The molecule has 9 heteroatoms. The van der Waals surface area contributed by atoms with Crippen molar-refractivity contribution in [2.45, 2.75) is 39.2 Å². The summed E-state index contributed by atoms with van der Waals surface area (Å²) >= 11 is 1.29. The van der Waals surface area contributed by atoms with Gasteiger partial charge in [-0.15, -0.1) is 10.2 Å². The van der Waals surface area contributed by atoms with E-state index in [4.69, 9.17) is 4.74 Å². The number of amides is 2. The van der Waals surface area contributed by atoms with Crippen LogP contribution < -0.4 is 5.32 Å². The van der Waals surface area contributed by atoms with Gasteiger partial charge in [0.15, 0.2) is 0 Å². The number of rotatable bonds is 11. The van der Waals surface area contributed by atoms with Gasteiger partial charge in [0.05, 0.1) is 19.1 Å². The molecule has 2 aromatic carbocycles. The lowest BCUT2D eigenvalue weighted by Gasteiger charge is -2.29. The van der Waals surface area contributed by atoms with E-state index in [0.29, 0.717) is 10.1 Å². The molecule has 0 fully saturated rings. The highest BCUT2D eigenvalue weighted by Crippen LogP contribution is 2.26. The third-order valence-corrected chi connectivity index (χ3v) is 6.08. The summed E-state index contributed by atoms with van der Waals surface area (Å²) in [5, 5.41) is 12.1. The fraction of sp³-hybridized carbons (Fsp3) is 0.320. The molecule has 0 bridgehead atoms. The van der Waals surface area contributed by atoms with Crippen LogP contribution in [-0.2, 0) is 19.1 Å². The lowest BCUT2D eigenvalue weighted by Crippen LogP contribution is -2.36. The maximum Gasteiger partial charge on any atom is 0.306 e. The highest BCUT2D eigenvalue weighted by molar-refractivity contribution is 7.18. The number of nitrogens with one attached hydrogen (secondary N) is 1. The van der Waals surface area contributed by atoms with Crippen LogP contribution in [0, 0.1) is 0 Å². The molecule has 0 radical (unpaired) electrons. The number of ether oxygens (including phenoxy) is 1. The molecule has 34 heavy (non-hydrogen) atoms. The smallest absolute Gasteiger partial charge is 0.306 e. The first kappa shape index (κ1) is 25.0. The second kappa shape index (κ2) is 12.6. The van der Waals surface area contributed by atoms with E-state index in [1.54, 1.807) is 11.8 Å². The molecule has 8 nitrogen and oxygen atoms in total. The van der Waals surface area contributed by atoms with Crippen LogP contribution in [0.3, 0.4) is 0 Å². The monoisotopic (exact) mass is 480 g/mol. The number of esters is 1. The van der Waals surface area contributed by atoms with Crippen molar-refractivity contribution in [3.63, 3.8) is 0 Å². The van der Waals surface area contributed by atoms with Crippen LogP contribution in [0.1, 0.15) is 44.7 Å². The van der Waals surface area contributed by atoms with E-state index in [2.05, 4.69) is 15.5 Å². The maximum absolute atomic E-state index is 13.0. The van der Waals surface area contributed by atoms with E-state index in [9.17, 15) is 14.4 Å². The number of carbonyl (C=O) groups excluding carboxylic acids is 3. The quantitative estimate of drug-likeness (QED) is 0.407. The van der Waals surface area contributed by atoms with Gasteiger partial charge in [-0.2, -0.15) is 0 Å². The number of nitrogens with zero attached hydrogens (tertiary/aromatic N) is 3. The Morgan fingerprint density at radius 1 is 0.971 bits per heavy atom. The van der Waals surface area contributed by atoms with Crippen molar-refractivity contribution in [1.82, 2.24) is 15.1 Å². The molecule has 0 aliphatic heterocycles. The molecular formula is C25H28N4O4S. The highest BCUT2D eigenvalue weighted by Gasteiger charge is 2.23. The molecule has 0 aliphatic rings. The number of anilines is 1. The van der Waals surface area contributed by atoms with E-state index in [0.717, 1.165) is 11.1 Å². The first-order chi connectivity index (χ1) is 16.5. The third-order valence-electron chi connectivity index (χ3n) is 5.19. The van der Waals surface area contributed by atoms with Crippen LogP contribution in [0.2, 0.25) is 0 Å². The van der Waals surface area contributed by atoms with Gasteiger partial charge in [-0.25, -0.2) is 0 Å². The van der Waals surface area contributed by atoms with Gasteiger partial charge in [0.25, 0.3) is 0 Å². The minimum absolute atomic E-state index is 0.00390. The van der Waals surface area contributed by atoms with Crippen LogP contribution in [0.15, 0.2) is 60.7 Å². The van der Waals surface area contributed by atoms with Gasteiger partial charge in [0.1, 0.15) is 5.01 Å². The van der Waals surface area contributed by atoms with Gasteiger partial charge in [-0.1, -0.05) is 72.0 Å². The van der Waals surface area contributed by atoms with Crippen LogP contribution in [0.25, 0.3) is 10.6 Å². The van der Waals surface area contributed by atoms with Crippen LogP contribution in [0.5, 0.6) is 0 Å². The predicted molar refractivity (Wildman–Crippen MR) is 131 cm³/mol. The third kappa shape index (κ3) is 7.21. The molecule has 2 amide bonds. The van der Waals surface area contributed by atoms with Crippen molar-refractivity contribution in [3.05, 3.63) is 66.2 Å². The molecule has 1 heterocycles. The largest absolute Gasteiger partial charge is 0.466 e. The van der Waals surface area contributed by atoms with Gasteiger partial charge in [-0.3, -0.25) is 14.4 Å². The van der Waals surface area contributed by atoms with Crippen molar-refractivity contribution in [1.29, 1.82) is 0 Å². The average molecular weight is 481 g/mol. The minimum Gasteiger partial charge on any atom is -0.466 e. The first-order valence-electron chi connectivity index (χ1n) is 11.2. The van der Waals surface area contributed by atoms with E-state index in [1.807, 2.05) is 67.6 Å². The zero-order chi connectivity index (χ0) is 24.3. The summed E-state index contributed by atoms with van der Waals surface area (Å²) in [6, 6.07) is 18.9. The van der Waals surface area contributed by atoms with Crippen molar-refractivity contribution >= 4 is 34.3 Å². The van der Waals surface area contributed by atoms with Crippen molar-refractivity contribution < 1.29 is 19.1 Å². The summed E-state index contributed by atoms with van der Waals surface area (Å²) in [6.07, 6.45) is 0.112. The molecule has 1 N–H and O–H groups in total. The lowest BCUT2D eigenvalue weighted by molar-refractivity contribution is -0.146. The Hall–Kier alpha value is -3.59. The Kier molecular flexibility index (Phi) is 9.28. The molecule has 1 atom stereocenters. The molecule has 0 aliphatic carbocycles. The first-order valence-corrected chi connectivity index (χ1v) is 12.0. The summed E-state index contributed by atoms with van der Waals surface area (Å²) < 4.78 is 4.93. The maximum atomic E-state index is 13.0. The van der Waals surface area contributed by atoms with Crippen LogP contribution in [-0.4, -0.2) is 46.0 Å². The molecule has 178 valence electrons. The van der Waals surface area contributed by atoms with Gasteiger partial charge in [0.2, 0.25) is 16.9 Å². The second-order valence-electron chi connectivity index (χ2n) is 7.56. The van der Waals surface area contributed by atoms with Crippen LogP contribution in [0.4, 0.5) is 5.13 Å². The summed E-state index contributed by atoms with van der Waals surface area (Å²) in [5.41, 5.74) is 1.87. The summed E-state index contributed by atoms with van der Waals surface area (Å²) in [6.45, 7) is 4.11. The fourth-order valence-electron chi connectivity index (χ4n) is 3.41. The van der Waals surface area contributed by atoms with E-state index in [-0.39, 0.29) is 50.3 Å². The van der Waals surface area contributed by atoms with E-state index >= 15 is 0 Å². The minimum atomic E-state index is -0.411.